The summed E-state index contributed by atoms with van der Waals surface area (Å²) in [4.78, 5) is 8.17. The van der Waals surface area contributed by atoms with Gasteiger partial charge in [-0.25, -0.2) is 0 Å². The normalized spacial score (nSPS) is 12.3. The van der Waals surface area contributed by atoms with Gasteiger partial charge in [-0.05, 0) is 30.7 Å². The molecule has 0 saturated heterocycles. The van der Waals surface area contributed by atoms with Crippen molar-refractivity contribution in [3.8, 4) is 0 Å². The lowest BCUT2D eigenvalue weighted by atomic mass is 9.96. The highest BCUT2D eigenvalue weighted by atomic mass is 32.2. The van der Waals surface area contributed by atoms with Gasteiger partial charge in [-0.2, -0.15) is 8.42 Å². The average Bonchev–Trinajstić information content (AvgIpc) is 2.41. The van der Waals surface area contributed by atoms with Gasteiger partial charge in [0.05, 0.1) is 11.4 Å². The Labute approximate surface area is 112 Å². The van der Waals surface area contributed by atoms with Crippen molar-refractivity contribution >= 4 is 10.1 Å². The van der Waals surface area contributed by atoms with Crippen LogP contribution < -0.4 is 0 Å². The van der Waals surface area contributed by atoms with E-state index in [1.165, 1.54) is 12.4 Å². The second kappa shape index (κ2) is 5.07. The molecule has 0 unspecified atom stereocenters. The van der Waals surface area contributed by atoms with E-state index in [0.29, 0.717) is 0 Å². The van der Waals surface area contributed by atoms with Gasteiger partial charge in [0.15, 0.2) is 4.75 Å². The van der Waals surface area contributed by atoms with E-state index in [9.17, 15) is 13.0 Å². The van der Waals surface area contributed by atoms with Gasteiger partial charge in [0.25, 0.3) is 10.1 Å². The first-order valence-corrected chi connectivity index (χ1v) is 7.26. The van der Waals surface area contributed by atoms with Gasteiger partial charge in [0.1, 0.15) is 0 Å². The van der Waals surface area contributed by atoms with Crippen LogP contribution in [0.4, 0.5) is 0 Å². The van der Waals surface area contributed by atoms with Gasteiger partial charge in [0.2, 0.25) is 0 Å². The van der Waals surface area contributed by atoms with E-state index in [1.807, 2.05) is 0 Å². The Morgan fingerprint density at radius 2 is 1.53 bits per heavy atom. The second-order valence-electron chi connectivity index (χ2n) is 4.09. The lowest BCUT2D eigenvalue weighted by molar-refractivity contribution is 0.434. The Bertz CT molecular complexity index is 603. The highest BCUT2D eigenvalue weighted by Crippen LogP contribution is 2.37. The first kappa shape index (κ1) is 13.6. The molecule has 0 bridgehead atoms. The smallest absolute Gasteiger partial charge is 0.282 e. The molecule has 0 aliphatic rings. The fraction of sp³-hybridized carbons (Fsp3) is 0.231. The van der Waals surface area contributed by atoms with Crippen molar-refractivity contribution < 1.29 is 13.0 Å². The third kappa shape index (κ3) is 2.24. The van der Waals surface area contributed by atoms with Crippen LogP contribution in [0.5, 0.6) is 0 Å². The molecule has 6 heteroatoms. The molecule has 2 rings (SSSR count). The minimum atomic E-state index is -4.41. The standard InChI is InChI=1S/C13H14N2O3S/c1-2-13(19(16,17)18,11-7-3-5-9-14-11)12-8-4-6-10-15-12/h3-10H,2H2,1H3,(H,16,17,18). The van der Waals surface area contributed by atoms with Crippen LogP contribution in [-0.2, 0) is 14.9 Å². The first-order valence-electron chi connectivity index (χ1n) is 5.82. The predicted molar refractivity (Wildman–Crippen MR) is 71.1 cm³/mol. The zero-order valence-corrected chi connectivity index (χ0v) is 11.2. The zero-order valence-electron chi connectivity index (χ0n) is 10.4. The lowest BCUT2D eigenvalue weighted by Gasteiger charge is -2.28. The maximum Gasteiger partial charge on any atom is 0.282 e. The molecule has 5 nitrogen and oxygen atoms in total. The maximum absolute atomic E-state index is 12.0. The van der Waals surface area contributed by atoms with E-state index >= 15 is 0 Å². The number of rotatable bonds is 4. The molecule has 0 atom stereocenters. The summed E-state index contributed by atoms with van der Waals surface area (Å²) in [6.45, 7) is 1.68. The third-order valence-electron chi connectivity index (χ3n) is 3.10. The molecule has 1 N–H and O–H groups in total. The lowest BCUT2D eigenvalue weighted by Crippen LogP contribution is -2.37. The monoisotopic (exact) mass is 278 g/mol. The number of pyridine rings is 2. The van der Waals surface area contributed by atoms with Crippen LogP contribution in [0.25, 0.3) is 0 Å². The third-order valence-corrected chi connectivity index (χ3v) is 4.68. The second-order valence-corrected chi connectivity index (χ2v) is 5.73. The van der Waals surface area contributed by atoms with Crippen LogP contribution in [0.1, 0.15) is 24.7 Å². The predicted octanol–water partition coefficient (Wildman–Crippen LogP) is 2.02. The Morgan fingerprint density at radius 3 is 1.79 bits per heavy atom. The van der Waals surface area contributed by atoms with Crippen LogP contribution >= 0.6 is 0 Å². The van der Waals surface area contributed by atoms with Crippen molar-refractivity contribution in [3.05, 3.63) is 60.2 Å². The fourth-order valence-electron chi connectivity index (χ4n) is 2.14. The Kier molecular flexibility index (Phi) is 3.64. The Hall–Kier alpha value is -1.79. The van der Waals surface area contributed by atoms with Crippen LogP contribution in [0.15, 0.2) is 48.8 Å². The van der Waals surface area contributed by atoms with Crippen LogP contribution in [0.2, 0.25) is 0 Å². The minimum Gasteiger partial charge on any atom is -0.285 e. The molecule has 0 radical (unpaired) electrons. The van der Waals surface area contributed by atoms with E-state index < -0.39 is 14.9 Å². The summed E-state index contributed by atoms with van der Waals surface area (Å²) in [5.41, 5.74) is 0.525. The molecule has 0 aliphatic heterocycles. The van der Waals surface area contributed by atoms with Gasteiger partial charge in [-0.1, -0.05) is 19.1 Å². The van der Waals surface area contributed by atoms with Crippen molar-refractivity contribution in [1.82, 2.24) is 9.97 Å². The van der Waals surface area contributed by atoms with Crippen LogP contribution in [0, 0.1) is 0 Å². The number of hydrogen-bond donors (Lipinski definition) is 1. The van der Waals surface area contributed by atoms with Crippen LogP contribution in [-0.4, -0.2) is 22.9 Å². The minimum absolute atomic E-state index is 0.139. The van der Waals surface area contributed by atoms with Crippen molar-refractivity contribution in [1.29, 1.82) is 0 Å². The quantitative estimate of drug-likeness (QED) is 0.865. The molecule has 0 fully saturated rings. The van der Waals surface area contributed by atoms with Gasteiger partial charge in [-0.15, -0.1) is 0 Å². The van der Waals surface area contributed by atoms with Crippen molar-refractivity contribution in [2.24, 2.45) is 0 Å². The fourth-order valence-corrected chi connectivity index (χ4v) is 3.28. The van der Waals surface area contributed by atoms with Gasteiger partial charge < -0.3 is 0 Å². The summed E-state index contributed by atoms with van der Waals surface area (Å²) in [6.07, 6.45) is 3.13. The van der Waals surface area contributed by atoms with E-state index in [4.69, 9.17) is 0 Å². The summed E-state index contributed by atoms with van der Waals surface area (Å²) in [7, 11) is -4.41. The van der Waals surface area contributed by atoms with Gasteiger partial charge in [-0.3, -0.25) is 14.5 Å². The van der Waals surface area contributed by atoms with Gasteiger partial charge in [0, 0.05) is 12.4 Å². The summed E-state index contributed by atoms with van der Waals surface area (Å²) in [6, 6.07) is 9.89. The molecule has 2 heterocycles. The number of aromatic nitrogens is 2. The maximum atomic E-state index is 12.0. The van der Waals surface area contributed by atoms with E-state index in [1.54, 1.807) is 43.3 Å². The highest BCUT2D eigenvalue weighted by molar-refractivity contribution is 7.87. The van der Waals surface area contributed by atoms with Crippen LogP contribution in [0.3, 0.4) is 0 Å². The topological polar surface area (TPSA) is 80.2 Å². The van der Waals surface area contributed by atoms with Crippen molar-refractivity contribution in [2.45, 2.75) is 18.1 Å². The molecule has 0 aromatic carbocycles. The highest BCUT2D eigenvalue weighted by Gasteiger charge is 2.47. The molecule has 0 spiro atoms. The van der Waals surface area contributed by atoms with Crippen molar-refractivity contribution in [2.75, 3.05) is 0 Å². The summed E-state index contributed by atoms with van der Waals surface area (Å²) < 4.78 is 32.0. The largest absolute Gasteiger partial charge is 0.285 e. The molecule has 19 heavy (non-hydrogen) atoms. The molecule has 0 amide bonds. The zero-order chi connectivity index (χ0) is 13.9. The summed E-state index contributed by atoms with van der Waals surface area (Å²) in [5.74, 6) is 0. The molecular formula is C13H14N2O3S. The summed E-state index contributed by atoms with van der Waals surface area (Å²) >= 11 is 0. The Balaban J connectivity index is 2.78. The SMILES string of the molecule is CCC(c1ccccn1)(c1ccccn1)S(=O)(=O)O. The molecular weight excluding hydrogens is 264 g/mol. The molecule has 100 valence electrons. The van der Waals surface area contributed by atoms with E-state index in [0.717, 1.165) is 0 Å². The molecule has 0 aliphatic carbocycles. The molecule has 0 saturated carbocycles. The molecule has 2 aromatic heterocycles. The van der Waals surface area contributed by atoms with E-state index in [-0.39, 0.29) is 17.8 Å². The number of hydrogen-bond acceptors (Lipinski definition) is 4. The average molecular weight is 278 g/mol. The van der Waals surface area contributed by atoms with Gasteiger partial charge >= 0.3 is 0 Å². The summed E-state index contributed by atoms with van der Waals surface area (Å²) in [5, 5.41) is 0. The first-order chi connectivity index (χ1) is 9.02. The van der Waals surface area contributed by atoms with E-state index in [2.05, 4.69) is 9.97 Å². The molecule has 2 aromatic rings. The number of nitrogens with zero attached hydrogens (tertiary/aromatic N) is 2. The van der Waals surface area contributed by atoms with Crippen molar-refractivity contribution in [3.63, 3.8) is 0 Å². The Morgan fingerprint density at radius 1 is 1.05 bits per heavy atom.